The maximum absolute atomic E-state index is 6.47. The van der Waals surface area contributed by atoms with Gasteiger partial charge in [-0.3, -0.25) is 0 Å². The van der Waals surface area contributed by atoms with E-state index >= 15 is 0 Å². The van der Waals surface area contributed by atoms with Crippen LogP contribution in [0, 0.1) is 5.92 Å². The molecule has 4 heteroatoms. The third kappa shape index (κ3) is 4.53. The third-order valence-electron chi connectivity index (χ3n) is 11.2. The molecule has 2 aromatic heterocycles. The first-order valence-corrected chi connectivity index (χ1v) is 17.9. The maximum Gasteiger partial charge on any atom is 0.160 e. The number of furan rings is 1. The molecule has 4 heterocycles. The van der Waals surface area contributed by atoms with Crippen LogP contribution in [-0.4, -0.2) is 22.1 Å². The fourth-order valence-corrected chi connectivity index (χ4v) is 8.92. The zero-order valence-corrected chi connectivity index (χ0v) is 27.9. The monoisotopic (exact) mass is 655 g/mol. The van der Waals surface area contributed by atoms with Gasteiger partial charge in [-0.1, -0.05) is 115 Å². The molecule has 1 saturated heterocycles. The van der Waals surface area contributed by atoms with Gasteiger partial charge in [-0.05, 0) is 83.1 Å². The minimum atomic E-state index is 0.373. The van der Waals surface area contributed by atoms with E-state index in [1.807, 2.05) is 12.1 Å². The number of allylic oxidation sites excluding steroid dienone is 2. The lowest BCUT2D eigenvalue weighted by atomic mass is 9.86. The number of nitrogens with zero attached hydrogens (tertiary/aromatic N) is 3. The Hall–Kier alpha value is -6.26. The van der Waals surface area contributed by atoms with Gasteiger partial charge >= 0.3 is 0 Å². The summed E-state index contributed by atoms with van der Waals surface area (Å²) in [6, 6.07) is 50.2. The van der Waals surface area contributed by atoms with E-state index in [1.54, 1.807) is 0 Å². The van der Waals surface area contributed by atoms with E-state index in [0.29, 0.717) is 23.8 Å². The first kappa shape index (κ1) is 28.6. The van der Waals surface area contributed by atoms with Crippen molar-refractivity contribution in [2.45, 2.75) is 24.9 Å². The smallest absolute Gasteiger partial charge is 0.160 e. The molecule has 8 aromatic rings. The Morgan fingerprint density at radius 1 is 0.627 bits per heavy atom. The predicted molar refractivity (Wildman–Crippen MR) is 209 cm³/mol. The van der Waals surface area contributed by atoms with Crippen LogP contribution in [-0.2, 0) is 6.42 Å². The van der Waals surface area contributed by atoms with Gasteiger partial charge in [-0.2, -0.15) is 0 Å². The predicted octanol–water partition coefficient (Wildman–Crippen LogP) is 11.3. The van der Waals surface area contributed by atoms with Crippen molar-refractivity contribution in [1.82, 2.24) is 9.97 Å². The van der Waals surface area contributed by atoms with Gasteiger partial charge in [0.05, 0.1) is 17.3 Å². The molecule has 0 amide bonds. The maximum atomic E-state index is 6.47. The van der Waals surface area contributed by atoms with Crippen LogP contribution in [0.2, 0.25) is 0 Å². The Morgan fingerprint density at radius 3 is 2.31 bits per heavy atom. The van der Waals surface area contributed by atoms with Crippen LogP contribution in [0.4, 0.5) is 5.69 Å². The van der Waals surface area contributed by atoms with E-state index in [4.69, 9.17) is 14.4 Å². The summed E-state index contributed by atoms with van der Waals surface area (Å²) < 4.78 is 6.47. The van der Waals surface area contributed by atoms with Gasteiger partial charge in [0.1, 0.15) is 11.2 Å². The van der Waals surface area contributed by atoms with Gasteiger partial charge in [0, 0.05) is 44.9 Å². The summed E-state index contributed by atoms with van der Waals surface area (Å²) in [6.45, 7) is 0. The fourth-order valence-electron chi connectivity index (χ4n) is 8.92. The number of fused-ring (bicyclic) bond motifs is 9. The van der Waals surface area contributed by atoms with Crippen LogP contribution in [0.5, 0.6) is 0 Å². The molecule has 3 unspecified atom stereocenters. The van der Waals surface area contributed by atoms with Crippen molar-refractivity contribution in [3.63, 3.8) is 0 Å². The third-order valence-corrected chi connectivity index (χ3v) is 11.2. The van der Waals surface area contributed by atoms with Crippen LogP contribution in [0.15, 0.2) is 162 Å². The summed E-state index contributed by atoms with van der Waals surface area (Å²) in [6.07, 6.45) is 9.57. The van der Waals surface area contributed by atoms with Gasteiger partial charge in [-0.25, -0.2) is 9.97 Å². The van der Waals surface area contributed by atoms with Crippen LogP contribution in [0.3, 0.4) is 0 Å². The molecule has 2 aliphatic heterocycles. The molecule has 0 radical (unpaired) electrons. The Morgan fingerprint density at radius 2 is 1.43 bits per heavy atom. The molecule has 6 aromatic carbocycles. The van der Waals surface area contributed by atoms with Crippen molar-refractivity contribution in [3.05, 3.63) is 169 Å². The molecule has 0 bridgehead atoms. The second-order valence-corrected chi connectivity index (χ2v) is 14.1. The van der Waals surface area contributed by atoms with E-state index < -0.39 is 0 Å². The lowest BCUT2D eigenvalue weighted by Gasteiger charge is -2.29. The number of hydrogen-bond donors (Lipinski definition) is 0. The summed E-state index contributed by atoms with van der Waals surface area (Å²) in [5, 5.41) is 3.28. The molecule has 3 atom stereocenters. The van der Waals surface area contributed by atoms with Gasteiger partial charge in [0.25, 0.3) is 0 Å². The number of anilines is 1. The standard InChI is InChI=1S/C47H33N3O/c1-3-10-29(11-4-1)31-18-21-41-34(24-31)26-36-27-35-25-32(19-22-42(35)50(36)41)37-15-9-17-44-45(37)39-28-33(20-23-43(39)51-44)47-48-40-16-8-7-14-38(40)46(49-47)30-12-5-2-6-13-30/h1-25,28,35-36,42H,26-27H2. The zero-order valence-electron chi connectivity index (χ0n) is 27.9. The van der Waals surface area contributed by atoms with Crippen molar-refractivity contribution in [2.75, 3.05) is 4.90 Å². The van der Waals surface area contributed by atoms with Crippen molar-refractivity contribution in [3.8, 4) is 33.8 Å². The van der Waals surface area contributed by atoms with Gasteiger partial charge < -0.3 is 9.32 Å². The van der Waals surface area contributed by atoms with Crippen LogP contribution >= 0.6 is 0 Å². The topological polar surface area (TPSA) is 42.2 Å². The largest absolute Gasteiger partial charge is 0.456 e. The van der Waals surface area contributed by atoms with E-state index in [2.05, 4.69) is 151 Å². The van der Waals surface area contributed by atoms with Gasteiger partial charge in [0.15, 0.2) is 5.82 Å². The minimum absolute atomic E-state index is 0.373. The average molecular weight is 656 g/mol. The molecule has 0 N–H and O–H groups in total. The molecule has 0 saturated carbocycles. The highest BCUT2D eigenvalue weighted by molar-refractivity contribution is 6.12. The first-order chi connectivity index (χ1) is 25.2. The highest BCUT2D eigenvalue weighted by atomic mass is 16.3. The normalized spacial score (nSPS) is 19.0. The van der Waals surface area contributed by atoms with Crippen molar-refractivity contribution in [1.29, 1.82) is 0 Å². The number of aromatic nitrogens is 2. The molecular weight excluding hydrogens is 623 g/mol. The summed E-state index contributed by atoms with van der Waals surface area (Å²) in [7, 11) is 0. The summed E-state index contributed by atoms with van der Waals surface area (Å²) >= 11 is 0. The number of rotatable bonds is 4. The Kier molecular flexibility index (Phi) is 6.23. The van der Waals surface area contributed by atoms with Crippen LogP contribution < -0.4 is 4.90 Å². The molecular formula is C47H33N3O. The number of benzene rings is 6. The molecule has 242 valence electrons. The molecule has 3 aliphatic rings. The number of hydrogen-bond acceptors (Lipinski definition) is 4. The molecule has 0 spiro atoms. The zero-order chi connectivity index (χ0) is 33.5. The van der Waals surface area contributed by atoms with Crippen LogP contribution in [0.1, 0.15) is 17.5 Å². The summed E-state index contributed by atoms with van der Waals surface area (Å²) in [5.41, 5.74) is 13.6. The van der Waals surface area contributed by atoms with Crippen molar-refractivity contribution in [2.24, 2.45) is 5.92 Å². The fraction of sp³-hybridized carbons (Fsp3) is 0.106. The molecule has 11 rings (SSSR count). The van der Waals surface area contributed by atoms with Crippen LogP contribution in [0.25, 0.3) is 72.2 Å². The van der Waals surface area contributed by atoms with Gasteiger partial charge in [0.2, 0.25) is 0 Å². The Labute approximate surface area is 296 Å². The summed E-state index contributed by atoms with van der Waals surface area (Å²) in [4.78, 5) is 12.9. The number of para-hydroxylation sites is 1. The van der Waals surface area contributed by atoms with E-state index in [1.165, 1.54) is 33.5 Å². The van der Waals surface area contributed by atoms with Crippen molar-refractivity contribution < 1.29 is 4.42 Å². The molecule has 1 fully saturated rings. The SMILES string of the molecule is C1=CC2C(C=C1c1cccc3oc4ccc(-c5nc(-c6ccccc6)c6ccccc6n5)cc4c13)CC1Cc3cc(-c4ccccc4)ccc3N12. The summed E-state index contributed by atoms with van der Waals surface area (Å²) in [5.74, 6) is 1.17. The minimum Gasteiger partial charge on any atom is -0.456 e. The Bertz CT molecular complexity index is 2730. The first-order valence-electron chi connectivity index (χ1n) is 17.9. The molecule has 1 aliphatic carbocycles. The molecule has 51 heavy (non-hydrogen) atoms. The molecule has 4 nitrogen and oxygen atoms in total. The lowest BCUT2D eigenvalue weighted by Crippen LogP contribution is -2.34. The lowest BCUT2D eigenvalue weighted by molar-refractivity contribution is 0.625. The average Bonchev–Trinajstić information content (AvgIpc) is 3.86. The Balaban J connectivity index is 0.966. The highest BCUT2D eigenvalue weighted by Gasteiger charge is 2.44. The van der Waals surface area contributed by atoms with E-state index in [-0.39, 0.29) is 0 Å². The quantitative estimate of drug-likeness (QED) is 0.189. The van der Waals surface area contributed by atoms with E-state index in [0.717, 1.165) is 62.5 Å². The second kappa shape index (κ2) is 11.1. The van der Waals surface area contributed by atoms with E-state index in [9.17, 15) is 0 Å². The highest BCUT2D eigenvalue weighted by Crippen LogP contribution is 2.48. The van der Waals surface area contributed by atoms with Gasteiger partial charge in [-0.15, -0.1) is 0 Å². The second-order valence-electron chi connectivity index (χ2n) is 14.1. The van der Waals surface area contributed by atoms with Crippen molar-refractivity contribution >= 4 is 44.1 Å².